The first-order chi connectivity index (χ1) is 10.1. The Kier molecular flexibility index (Phi) is 3.53. The van der Waals surface area contributed by atoms with Crippen molar-refractivity contribution in [2.75, 3.05) is 0 Å². The molecule has 3 aromatic rings. The lowest BCUT2D eigenvalue weighted by Crippen LogP contribution is -2.02. The summed E-state index contributed by atoms with van der Waals surface area (Å²) in [7, 11) is 0. The number of aromatic carboxylic acids is 1. The molecule has 104 valence electrons. The van der Waals surface area contributed by atoms with Crippen LogP contribution in [0.1, 0.15) is 10.4 Å². The highest BCUT2D eigenvalue weighted by atomic mass is 79.9. The van der Waals surface area contributed by atoms with Crippen LogP contribution < -0.4 is 4.74 Å². The molecule has 6 heteroatoms. The quantitative estimate of drug-likeness (QED) is 0.780. The normalized spacial score (nSPS) is 10.5. The molecule has 0 aliphatic rings. The van der Waals surface area contributed by atoms with Gasteiger partial charge in [0.05, 0.1) is 5.52 Å². The van der Waals surface area contributed by atoms with Crippen LogP contribution >= 0.6 is 15.9 Å². The molecule has 3 rings (SSSR count). The van der Waals surface area contributed by atoms with Crippen LogP contribution in [-0.2, 0) is 0 Å². The first kappa shape index (κ1) is 13.5. The lowest BCUT2D eigenvalue weighted by atomic mass is 10.2. The van der Waals surface area contributed by atoms with Crippen molar-refractivity contribution >= 4 is 32.8 Å². The van der Waals surface area contributed by atoms with Gasteiger partial charge in [0.15, 0.2) is 0 Å². The van der Waals surface area contributed by atoms with Crippen molar-refractivity contribution in [2.24, 2.45) is 0 Å². The number of hydrogen-bond acceptors (Lipinski definition) is 4. The summed E-state index contributed by atoms with van der Waals surface area (Å²) in [4.78, 5) is 19.5. The van der Waals surface area contributed by atoms with Crippen LogP contribution in [0.4, 0.5) is 0 Å². The Balaban J connectivity index is 2.09. The van der Waals surface area contributed by atoms with E-state index in [0.717, 1.165) is 10.9 Å². The predicted molar refractivity (Wildman–Crippen MR) is 80.7 cm³/mol. The number of aromatic nitrogens is 2. The zero-order chi connectivity index (χ0) is 14.8. The molecule has 0 bridgehead atoms. The largest absolute Gasteiger partial charge is 0.477 e. The standard InChI is InChI=1S/C15H9BrN2O3/c16-9-7-11(15(19)20)14(18-8-9)21-13-5-1-4-12-10(13)3-2-6-17-12/h1-8H,(H,19,20). The van der Waals surface area contributed by atoms with E-state index in [1.807, 2.05) is 12.1 Å². The van der Waals surface area contributed by atoms with Gasteiger partial charge < -0.3 is 9.84 Å². The molecule has 0 amide bonds. The average molecular weight is 345 g/mol. The highest BCUT2D eigenvalue weighted by molar-refractivity contribution is 9.10. The van der Waals surface area contributed by atoms with Crippen molar-refractivity contribution in [3.05, 3.63) is 58.8 Å². The van der Waals surface area contributed by atoms with Gasteiger partial charge in [-0.25, -0.2) is 9.78 Å². The molecular formula is C15H9BrN2O3. The number of ether oxygens (including phenoxy) is 1. The maximum atomic E-state index is 11.3. The molecule has 0 unspecified atom stereocenters. The number of pyridine rings is 2. The number of rotatable bonds is 3. The fraction of sp³-hybridized carbons (Fsp3) is 0. The van der Waals surface area contributed by atoms with Crippen LogP contribution in [-0.4, -0.2) is 21.0 Å². The highest BCUT2D eigenvalue weighted by Gasteiger charge is 2.15. The molecule has 0 saturated heterocycles. The van der Waals surface area contributed by atoms with Gasteiger partial charge in [-0.3, -0.25) is 4.98 Å². The van der Waals surface area contributed by atoms with Crippen LogP contribution in [0.25, 0.3) is 10.9 Å². The molecular weight excluding hydrogens is 336 g/mol. The van der Waals surface area contributed by atoms with Gasteiger partial charge in [-0.1, -0.05) is 6.07 Å². The summed E-state index contributed by atoms with van der Waals surface area (Å²) < 4.78 is 6.26. The zero-order valence-electron chi connectivity index (χ0n) is 10.7. The number of fused-ring (bicyclic) bond motifs is 1. The zero-order valence-corrected chi connectivity index (χ0v) is 12.2. The molecule has 0 spiro atoms. The van der Waals surface area contributed by atoms with Gasteiger partial charge in [-0.15, -0.1) is 0 Å². The Hall–Kier alpha value is -2.47. The van der Waals surface area contributed by atoms with Crippen molar-refractivity contribution in [1.29, 1.82) is 0 Å². The summed E-state index contributed by atoms with van der Waals surface area (Å²) in [5.41, 5.74) is 0.759. The number of hydrogen-bond donors (Lipinski definition) is 1. The maximum Gasteiger partial charge on any atom is 0.341 e. The molecule has 2 heterocycles. The van der Waals surface area contributed by atoms with E-state index in [4.69, 9.17) is 4.74 Å². The van der Waals surface area contributed by atoms with Gasteiger partial charge in [0.1, 0.15) is 11.3 Å². The van der Waals surface area contributed by atoms with Gasteiger partial charge in [0, 0.05) is 22.3 Å². The van der Waals surface area contributed by atoms with Crippen molar-refractivity contribution in [2.45, 2.75) is 0 Å². The molecule has 5 nitrogen and oxygen atoms in total. The average Bonchev–Trinajstić information content (AvgIpc) is 2.49. The number of carbonyl (C=O) groups is 1. The van der Waals surface area contributed by atoms with Gasteiger partial charge in [0.2, 0.25) is 5.88 Å². The Bertz CT molecular complexity index is 831. The molecule has 2 aromatic heterocycles. The summed E-state index contributed by atoms with van der Waals surface area (Å²) in [5, 5.41) is 10.0. The van der Waals surface area contributed by atoms with E-state index < -0.39 is 5.97 Å². The van der Waals surface area contributed by atoms with Crippen molar-refractivity contribution in [3.8, 4) is 11.6 Å². The third kappa shape index (κ3) is 2.71. The monoisotopic (exact) mass is 344 g/mol. The van der Waals surface area contributed by atoms with E-state index >= 15 is 0 Å². The molecule has 1 N–H and O–H groups in total. The second-order valence-electron chi connectivity index (χ2n) is 4.24. The third-order valence-corrected chi connectivity index (χ3v) is 3.29. The van der Waals surface area contributed by atoms with Crippen molar-refractivity contribution < 1.29 is 14.6 Å². The SMILES string of the molecule is O=C(O)c1cc(Br)cnc1Oc1cccc2ncccc12. The summed E-state index contributed by atoms with van der Waals surface area (Å²) in [6, 6.07) is 10.5. The second kappa shape index (κ2) is 5.49. The van der Waals surface area contributed by atoms with Gasteiger partial charge in [-0.05, 0) is 46.3 Å². The van der Waals surface area contributed by atoms with E-state index in [1.165, 1.54) is 12.3 Å². The highest BCUT2D eigenvalue weighted by Crippen LogP contribution is 2.30. The fourth-order valence-corrected chi connectivity index (χ4v) is 2.26. The Morgan fingerprint density at radius 1 is 1.19 bits per heavy atom. The molecule has 0 aliphatic carbocycles. The lowest BCUT2D eigenvalue weighted by molar-refractivity contribution is 0.0693. The smallest absolute Gasteiger partial charge is 0.341 e. The summed E-state index contributed by atoms with van der Waals surface area (Å²) in [6.45, 7) is 0. The van der Waals surface area contributed by atoms with E-state index in [2.05, 4.69) is 25.9 Å². The number of carboxylic acid groups (broad SMARTS) is 1. The lowest BCUT2D eigenvalue weighted by Gasteiger charge is -2.09. The molecule has 0 fully saturated rings. The molecule has 1 aromatic carbocycles. The topological polar surface area (TPSA) is 72.3 Å². The summed E-state index contributed by atoms with van der Waals surface area (Å²) in [6.07, 6.45) is 3.18. The third-order valence-electron chi connectivity index (χ3n) is 2.86. The minimum absolute atomic E-state index is 0.00901. The Morgan fingerprint density at radius 2 is 2.05 bits per heavy atom. The predicted octanol–water partition coefficient (Wildman–Crippen LogP) is 3.88. The molecule has 0 atom stereocenters. The number of nitrogens with zero attached hydrogens (tertiary/aromatic N) is 2. The van der Waals surface area contributed by atoms with E-state index in [-0.39, 0.29) is 11.4 Å². The van der Waals surface area contributed by atoms with Crippen LogP contribution in [0.15, 0.2) is 53.3 Å². The minimum atomic E-state index is -1.10. The maximum absolute atomic E-state index is 11.3. The molecule has 0 radical (unpaired) electrons. The summed E-state index contributed by atoms with van der Waals surface area (Å²) in [5.74, 6) is -0.544. The van der Waals surface area contributed by atoms with Gasteiger partial charge in [-0.2, -0.15) is 0 Å². The molecule has 0 saturated carbocycles. The van der Waals surface area contributed by atoms with Crippen LogP contribution in [0, 0.1) is 0 Å². The second-order valence-corrected chi connectivity index (χ2v) is 5.16. The number of benzene rings is 1. The first-order valence-electron chi connectivity index (χ1n) is 6.05. The summed E-state index contributed by atoms with van der Waals surface area (Å²) >= 11 is 3.20. The Morgan fingerprint density at radius 3 is 2.86 bits per heavy atom. The number of carboxylic acids is 1. The van der Waals surface area contributed by atoms with E-state index in [1.54, 1.807) is 24.4 Å². The number of halogens is 1. The van der Waals surface area contributed by atoms with Crippen molar-refractivity contribution in [3.63, 3.8) is 0 Å². The van der Waals surface area contributed by atoms with Gasteiger partial charge in [0.25, 0.3) is 0 Å². The molecule has 0 aliphatic heterocycles. The van der Waals surface area contributed by atoms with Crippen LogP contribution in [0.3, 0.4) is 0 Å². The van der Waals surface area contributed by atoms with Crippen LogP contribution in [0.5, 0.6) is 11.6 Å². The Labute approximate surface area is 128 Å². The fourth-order valence-electron chi connectivity index (χ4n) is 1.93. The van der Waals surface area contributed by atoms with E-state index in [0.29, 0.717) is 10.2 Å². The van der Waals surface area contributed by atoms with Crippen LogP contribution in [0.2, 0.25) is 0 Å². The minimum Gasteiger partial charge on any atom is -0.477 e. The van der Waals surface area contributed by atoms with Crippen molar-refractivity contribution in [1.82, 2.24) is 9.97 Å². The van der Waals surface area contributed by atoms with E-state index in [9.17, 15) is 9.90 Å². The molecule has 21 heavy (non-hydrogen) atoms. The van der Waals surface area contributed by atoms with Gasteiger partial charge >= 0.3 is 5.97 Å². The first-order valence-corrected chi connectivity index (χ1v) is 6.85.